The third kappa shape index (κ3) is 4.83. The summed E-state index contributed by atoms with van der Waals surface area (Å²) in [4.78, 5) is 38.1. The average molecular weight is 468 g/mol. The normalized spacial score (nSPS) is 21.4. The van der Waals surface area contributed by atoms with Gasteiger partial charge in [0, 0.05) is 37.7 Å². The van der Waals surface area contributed by atoms with E-state index in [1.165, 1.54) is 4.90 Å². The molecular weight excluding hydrogens is 432 g/mol. The second-order valence-electron chi connectivity index (χ2n) is 9.05. The topological polar surface area (TPSA) is 113 Å². The predicted octanol–water partition coefficient (Wildman–Crippen LogP) is 3.29. The molecule has 0 radical (unpaired) electrons. The number of carbonyl (C=O) groups is 3. The van der Waals surface area contributed by atoms with Crippen LogP contribution in [0, 0.1) is 0 Å². The number of quaternary nitrogens is 1. The molecule has 0 saturated carbocycles. The minimum Gasteiger partial charge on any atom is -0.465 e. The number of amides is 3. The molecule has 1 aliphatic heterocycles. The summed E-state index contributed by atoms with van der Waals surface area (Å²) in [6.07, 6.45) is -0.126. The maximum absolute atomic E-state index is 12.7. The number of carboxylic acid groups (broad SMARTS) is 1. The second-order valence-corrected chi connectivity index (χ2v) is 9.05. The molecule has 0 bridgehead atoms. The lowest BCUT2D eigenvalue weighted by molar-refractivity contribution is -0.129. The van der Waals surface area contributed by atoms with Crippen molar-refractivity contribution in [3.8, 4) is 11.1 Å². The Balaban J connectivity index is 2.00. The van der Waals surface area contributed by atoms with Crippen molar-refractivity contribution in [2.24, 2.45) is 5.73 Å². The van der Waals surface area contributed by atoms with E-state index in [0.717, 1.165) is 27.9 Å². The molecule has 3 amide bonds. The first-order chi connectivity index (χ1) is 16.1. The standard InChI is InChI=1S/C26H34N4O4/c1-5-29(26(33)34)23-14-17(2)30(4,18(3)31)24-11-10-21(16-22(23)24)20-8-6-19(7-9-20)15-25(32)28-13-12-27/h6-11,16-17,23H,5,12-15,27H2,1-4H3,(H-,28,32,33,34)/p+1/t17-,23+,30?/m0/s1. The summed E-state index contributed by atoms with van der Waals surface area (Å²) >= 11 is 0. The van der Waals surface area contributed by atoms with E-state index in [-0.39, 0.29) is 34.8 Å². The lowest BCUT2D eigenvalue weighted by Gasteiger charge is -2.45. The van der Waals surface area contributed by atoms with Gasteiger partial charge in [-0.3, -0.25) is 4.79 Å². The van der Waals surface area contributed by atoms with Crippen LogP contribution < -0.4 is 15.5 Å². The molecule has 1 aliphatic rings. The summed E-state index contributed by atoms with van der Waals surface area (Å²) in [7, 11) is 1.91. The molecular formula is C26H35N4O4+. The van der Waals surface area contributed by atoms with Gasteiger partial charge in [0.1, 0.15) is 5.69 Å². The Labute approximate surface area is 200 Å². The molecule has 8 heteroatoms. The number of hydrogen-bond acceptors (Lipinski definition) is 4. The van der Waals surface area contributed by atoms with E-state index >= 15 is 0 Å². The summed E-state index contributed by atoms with van der Waals surface area (Å²) in [5.41, 5.74) is 9.93. The van der Waals surface area contributed by atoms with Gasteiger partial charge < -0.3 is 21.1 Å². The SMILES string of the molecule is CCN(C(=O)O)[C@@H]1C[C@H](C)[N+](C)(C(C)=O)c2ccc(-c3ccc(CC(=O)NCCN)cc3)cc21. The van der Waals surface area contributed by atoms with Gasteiger partial charge in [0.2, 0.25) is 5.91 Å². The van der Waals surface area contributed by atoms with E-state index in [1.54, 1.807) is 6.92 Å². The quantitative estimate of drug-likeness (QED) is 0.541. The summed E-state index contributed by atoms with van der Waals surface area (Å²) in [5, 5.41) is 12.6. The summed E-state index contributed by atoms with van der Waals surface area (Å²) in [6.45, 7) is 6.64. The van der Waals surface area contributed by atoms with Crippen molar-refractivity contribution in [1.82, 2.24) is 14.7 Å². The number of nitrogens with one attached hydrogen (secondary N) is 1. The van der Waals surface area contributed by atoms with Gasteiger partial charge in [0.05, 0.1) is 32.5 Å². The Kier molecular flexibility index (Phi) is 7.74. The molecule has 0 aromatic heterocycles. The molecule has 2 aromatic rings. The van der Waals surface area contributed by atoms with Crippen molar-refractivity contribution in [3.63, 3.8) is 0 Å². The Morgan fingerprint density at radius 1 is 1.15 bits per heavy atom. The van der Waals surface area contributed by atoms with Crippen LogP contribution in [0.4, 0.5) is 10.5 Å². The van der Waals surface area contributed by atoms with Gasteiger partial charge in [-0.05, 0) is 42.7 Å². The number of carbonyl (C=O) groups excluding carboxylic acids is 2. The van der Waals surface area contributed by atoms with Crippen LogP contribution in [0.1, 0.15) is 44.4 Å². The first-order valence-electron chi connectivity index (χ1n) is 11.7. The summed E-state index contributed by atoms with van der Waals surface area (Å²) in [5.74, 6) is -0.0471. The summed E-state index contributed by atoms with van der Waals surface area (Å²) < 4.78 is 0.139. The van der Waals surface area contributed by atoms with Gasteiger partial charge in [-0.2, -0.15) is 0 Å². The van der Waals surface area contributed by atoms with Gasteiger partial charge in [0.15, 0.2) is 0 Å². The van der Waals surface area contributed by atoms with E-state index in [2.05, 4.69) is 5.32 Å². The van der Waals surface area contributed by atoms with Crippen LogP contribution in [0.2, 0.25) is 0 Å². The average Bonchev–Trinajstić information content (AvgIpc) is 2.81. The Hall–Kier alpha value is -3.23. The maximum Gasteiger partial charge on any atom is 0.407 e. The van der Waals surface area contributed by atoms with Crippen molar-refractivity contribution in [2.75, 3.05) is 26.7 Å². The third-order valence-electron chi connectivity index (χ3n) is 7.07. The van der Waals surface area contributed by atoms with E-state index in [1.807, 2.05) is 63.4 Å². The highest BCUT2D eigenvalue weighted by Crippen LogP contribution is 2.45. The fourth-order valence-corrected chi connectivity index (χ4v) is 4.86. The van der Waals surface area contributed by atoms with Crippen molar-refractivity contribution in [3.05, 3.63) is 53.6 Å². The van der Waals surface area contributed by atoms with Gasteiger partial charge in [-0.25, -0.2) is 14.1 Å². The highest BCUT2D eigenvalue weighted by Gasteiger charge is 2.47. The van der Waals surface area contributed by atoms with Crippen molar-refractivity contribution >= 4 is 23.6 Å². The first kappa shape index (κ1) is 25.4. The number of hydrogen-bond donors (Lipinski definition) is 3. The van der Waals surface area contributed by atoms with Crippen molar-refractivity contribution < 1.29 is 19.5 Å². The molecule has 1 unspecified atom stereocenters. The van der Waals surface area contributed by atoms with Crippen LogP contribution in [-0.4, -0.2) is 60.6 Å². The first-order valence-corrected chi connectivity index (χ1v) is 11.7. The zero-order chi connectivity index (χ0) is 25.0. The Morgan fingerprint density at radius 3 is 2.35 bits per heavy atom. The van der Waals surface area contributed by atoms with Crippen molar-refractivity contribution in [1.29, 1.82) is 0 Å². The number of fused-ring (bicyclic) bond motifs is 1. The Bertz CT molecular complexity index is 1070. The second kappa shape index (κ2) is 10.4. The number of rotatable bonds is 7. The molecule has 0 spiro atoms. The van der Waals surface area contributed by atoms with Crippen LogP contribution in [0.5, 0.6) is 0 Å². The fourth-order valence-electron chi connectivity index (χ4n) is 4.86. The van der Waals surface area contributed by atoms with Crippen molar-refractivity contribution in [2.45, 2.75) is 45.7 Å². The smallest absolute Gasteiger partial charge is 0.407 e. The molecule has 34 heavy (non-hydrogen) atoms. The van der Waals surface area contributed by atoms with Crippen LogP contribution in [0.25, 0.3) is 11.1 Å². The highest BCUT2D eigenvalue weighted by molar-refractivity contribution is 5.89. The van der Waals surface area contributed by atoms with Crippen LogP contribution in [-0.2, 0) is 16.0 Å². The minimum atomic E-state index is -0.966. The zero-order valence-corrected chi connectivity index (χ0v) is 20.4. The largest absolute Gasteiger partial charge is 0.465 e. The monoisotopic (exact) mass is 467 g/mol. The van der Waals surface area contributed by atoms with Gasteiger partial charge in [0.25, 0.3) is 0 Å². The summed E-state index contributed by atoms with van der Waals surface area (Å²) in [6, 6.07) is 13.3. The molecule has 4 N–H and O–H groups in total. The molecule has 1 heterocycles. The molecule has 0 fully saturated rings. The number of benzene rings is 2. The van der Waals surface area contributed by atoms with Gasteiger partial charge in [-0.1, -0.05) is 24.3 Å². The lowest BCUT2D eigenvalue weighted by atomic mass is 9.86. The molecule has 2 aromatic carbocycles. The third-order valence-corrected chi connectivity index (χ3v) is 7.07. The number of nitrogens with two attached hydrogens (primary N) is 1. The van der Waals surface area contributed by atoms with E-state index in [0.29, 0.717) is 26.1 Å². The number of nitrogens with zero attached hydrogens (tertiary/aromatic N) is 2. The lowest BCUT2D eigenvalue weighted by Crippen LogP contribution is -2.60. The molecule has 3 rings (SSSR count). The van der Waals surface area contributed by atoms with Gasteiger partial charge in [-0.15, -0.1) is 0 Å². The zero-order valence-electron chi connectivity index (χ0n) is 20.4. The van der Waals surface area contributed by atoms with E-state index in [9.17, 15) is 19.5 Å². The minimum absolute atomic E-state index is 0.0237. The molecule has 182 valence electrons. The highest BCUT2D eigenvalue weighted by atomic mass is 16.4. The van der Waals surface area contributed by atoms with Crippen LogP contribution in [0.3, 0.4) is 0 Å². The predicted molar refractivity (Wildman–Crippen MR) is 133 cm³/mol. The van der Waals surface area contributed by atoms with Crippen LogP contribution >= 0.6 is 0 Å². The van der Waals surface area contributed by atoms with E-state index < -0.39 is 6.09 Å². The maximum atomic E-state index is 12.7. The Morgan fingerprint density at radius 2 is 1.79 bits per heavy atom. The molecule has 0 saturated heterocycles. The van der Waals surface area contributed by atoms with Crippen LogP contribution in [0.15, 0.2) is 42.5 Å². The molecule has 8 nitrogen and oxygen atoms in total. The van der Waals surface area contributed by atoms with E-state index in [4.69, 9.17) is 5.73 Å². The van der Waals surface area contributed by atoms with Gasteiger partial charge >= 0.3 is 12.0 Å². The fraction of sp³-hybridized carbons (Fsp3) is 0.423. The molecule has 0 aliphatic carbocycles. The molecule has 3 atom stereocenters.